The number of rotatable bonds is 10. The number of aromatic nitrogens is 7. The number of benzene rings is 1. The highest BCUT2D eigenvalue weighted by Gasteiger charge is 2.33. The molecule has 3 aromatic heterocycles. The van der Waals surface area contributed by atoms with Crippen LogP contribution in [0.2, 0.25) is 0 Å². The van der Waals surface area contributed by atoms with Crippen LogP contribution >= 0.6 is 0 Å². The van der Waals surface area contributed by atoms with Crippen LogP contribution in [0.4, 0.5) is 0 Å². The highest BCUT2D eigenvalue weighted by atomic mass is 16.2. The van der Waals surface area contributed by atoms with Crippen LogP contribution in [-0.4, -0.2) is 46.3 Å². The molecule has 38 heavy (non-hydrogen) atoms. The van der Waals surface area contributed by atoms with Crippen LogP contribution in [0.3, 0.4) is 0 Å². The molecular formula is C28H32N8O2. The number of aryl methyl sites for hydroxylation is 2. The number of Topliss-reactive ketones (excluding diaryl/α,β-unsaturated/α-hetero) is 1. The molecule has 1 aliphatic rings. The molecular weight excluding hydrogens is 480 g/mol. The van der Waals surface area contributed by atoms with Crippen molar-refractivity contribution in [3.05, 3.63) is 82.3 Å². The molecule has 1 unspecified atom stereocenters. The Morgan fingerprint density at radius 3 is 2.76 bits per heavy atom. The number of nitrogens with zero attached hydrogens (tertiary/aromatic N) is 7. The van der Waals surface area contributed by atoms with Gasteiger partial charge in [0.25, 0.3) is 0 Å². The molecule has 0 saturated heterocycles. The Morgan fingerprint density at radius 1 is 1.21 bits per heavy atom. The second-order valence-corrected chi connectivity index (χ2v) is 9.70. The predicted octanol–water partition coefficient (Wildman–Crippen LogP) is 4.11. The monoisotopic (exact) mass is 512 g/mol. The fourth-order valence-corrected chi connectivity index (χ4v) is 5.16. The van der Waals surface area contributed by atoms with Gasteiger partial charge in [0.05, 0.1) is 5.56 Å². The largest absolute Gasteiger partial charge is 0.334 e. The van der Waals surface area contributed by atoms with Gasteiger partial charge in [-0.05, 0) is 61.2 Å². The van der Waals surface area contributed by atoms with Gasteiger partial charge in [0, 0.05) is 54.6 Å². The van der Waals surface area contributed by atoms with E-state index in [9.17, 15) is 9.59 Å². The van der Waals surface area contributed by atoms with Crippen molar-refractivity contribution in [1.29, 1.82) is 0 Å². The first-order chi connectivity index (χ1) is 18.5. The van der Waals surface area contributed by atoms with E-state index in [1.807, 2.05) is 46.8 Å². The van der Waals surface area contributed by atoms with Crippen molar-refractivity contribution in [2.45, 2.75) is 65.0 Å². The molecule has 5 rings (SSSR count). The number of imidazole rings is 1. The summed E-state index contributed by atoms with van der Waals surface area (Å²) >= 11 is 0. The zero-order chi connectivity index (χ0) is 26.7. The van der Waals surface area contributed by atoms with Gasteiger partial charge in [-0.3, -0.25) is 18.9 Å². The van der Waals surface area contributed by atoms with E-state index in [0.29, 0.717) is 36.7 Å². The maximum Gasteiger partial charge on any atom is 0.334 e. The molecule has 4 heterocycles. The number of aromatic amines is 1. The van der Waals surface area contributed by atoms with E-state index in [2.05, 4.69) is 50.7 Å². The number of carbonyl (C=O) groups is 1. The number of hydrogen-bond acceptors (Lipinski definition) is 6. The third-order valence-electron chi connectivity index (χ3n) is 7.27. The van der Waals surface area contributed by atoms with Gasteiger partial charge >= 0.3 is 5.69 Å². The quantitative estimate of drug-likeness (QED) is 0.321. The molecule has 0 saturated carbocycles. The van der Waals surface area contributed by atoms with E-state index < -0.39 is 5.41 Å². The van der Waals surface area contributed by atoms with Crippen molar-refractivity contribution >= 4 is 12.0 Å². The van der Waals surface area contributed by atoms with Crippen molar-refractivity contribution in [3.63, 3.8) is 0 Å². The summed E-state index contributed by atoms with van der Waals surface area (Å²) in [6.45, 7) is 6.77. The molecule has 0 spiro atoms. The topological polar surface area (TPSA) is 116 Å². The SMILES string of the molecule is CCCCc1cn(-c2c(C(C)=O)ccn2CC)c(=O)n1CC1(c2cccc(-c3nnn[nH]3)c2)C=CN=CC1. The van der Waals surface area contributed by atoms with Crippen LogP contribution in [0, 0.1) is 0 Å². The second kappa shape index (κ2) is 10.6. The van der Waals surface area contributed by atoms with Crippen molar-refractivity contribution < 1.29 is 4.79 Å². The van der Waals surface area contributed by atoms with E-state index in [-0.39, 0.29) is 11.5 Å². The number of carbonyl (C=O) groups excluding carboxylic acids is 1. The first-order valence-electron chi connectivity index (χ1n) is 13.0. The minimum Gasteiger partial charge on any atom is -0.334 e. The third-order valence-corrected chi connectivity index (χ3v) is 7.27. The van der Waals surface area contributed by atoms with Crippen LogP contribution in [0.5, 0.6) is 0 Å². The molecule has 4 aromatic rings. The molecule has 0 aliphatic carbocycles. The Hall–Kier alpha value is -4.34. The van der Waals surface area contributed by atoms with Gasteiger partial charge in [-0.1, -0.05) is 37.6 Å². The number of allylic oxidation sites excluding steroid dienone is 1. The number of H-pyrrole nitrogens is 1. The lowest BCUT2D eigenvalue weighted by Gasteiger charge is -2.32. The van der Waals surface area contributed by atoms with Gasteiger partial charge in [-0.15, -0.1) is 5.10 Å². The summed E-state index contributed by atoms with van der Waals surface area (Å²) < 4.78 is 5.47. The summed E-state index contributed by atoms with van der Waals surface area (Å²) in [4.78, 5) is 30.9. The number of nitrogens with one attached hydrogen (secondary N) is 1. The van der Waals surface area contributed by atoms with E-state index in [1.165, 1.54) is 6.92 Å². The molecule has 0 bridgehead atoms. The first kappa shape index (κ1) is 25.3. The summed E-state index contributed by atoms with van der Waals surface area (Å²) in [6, 6.07) is 9.86. The lowest BCUT2D eigenvalue weighted by Crippen LogP contribution is -2.37. The minimum absolute atomic E-state index is 0.0661. The Kier molecular flexibility index (Phi) is 7.04. The number of unbranched alkanes of at least 4 members (excludes halogenated alkanes) is 1. The molecule has 0 fully saturated rings. The number of tetrazole rings is 1. The van der Waals surface area contributed by atoms with Crippen molar-refractivity contribution in [2.75, 3.05) is 0 Å². The summed E-state index contributed by atoms with van der Waals surface area (Å²) in [5.74, 6) is 1.14. The summed E-state index contributed by atoms with van der Waals surface area (Å²) in [5.41, 5.74) is 2.74. The molecule has 1 aromatic carbocycles. The Balaban J connectivity index is 1.64. The number of hydrogen-bond donors (Lipinski definition) is 1. The standard InChI is InChI=1S/C28H32N8O2/c1-4-6-10-23-18-35(26-24(20(3)37)11-16-34(26)5-2)27(38)36(23)19-28(12-14-29-15-13-28)22-9-7-8-21(17-22)25-30-32-33-31-25/h7-9,11-12,14-18H,4-6,10,13,19H2,1-3H3,(H,30,31,32,33). The molecule has 1 atom stereocenters. The van der Waals surface area contributed by atoms with Gasteiger partial charge in [-0.25, -0.2) is 9.89 Å². The predicted molar refractivity (Wildman–Crippen MR) is 146 cm³/mol. The second-order valence-electron chi connectivity index (χ2n) is 9.70. The average Bonchev–Trinajstić information content (AvgIpc) is 3.68. The zero-order valence-corrected chi connectivity index (χ0v) is 22.0. The van der Waals surface area contributed by atoms with Gasteiger partial charge in [0.1, 0.15) is 5.82 Å². The maximum atomic E-state index is 14.1. The van der Waals surface area contributed by atoms with Crippen molar-refractivity contribution in [3.8, 4) is 17.2 Å². The first-order valence-corrected chi connectivity index (χ1v) is 13.0. The van der Waals surface area contributed by atoms with Crippen molar-refractivity contribution in [2.24, 2.45) is 4.99 Å². The van der Waals surface area contributed by atoms with Gasteiger partial charge < -0.3 is 4.57 Å². The normalized spacial score (nSPS) is 16.8. The molecule has 0 amide bonds. The number of aliphatic imine (C=N–C) groups is 1. The lowest BCUT2D eigenvalue weighted by molar-refractivity contribution is 0.101. The van der Waals surface area contributed by atoms with Crippen LogP contribution in [-0.2, 0) is 24.9 Å². The van der Waals surface area contributed by atoms with E-state index in [0.717, 1.165) is 36.1 Å². The van der Waals surface area contributed by atoms with E-state index in [4.69, 9.17) is 0 Å². The lowest BCUT2D eigenvalue weighted by atomic mass is 9.76. The Morgan fingerprint density at radius 2 is 2.08 bits per heavy atom. The molecule has 0 radical (unpaired) electrons. The van der Waals surface area contributed by atoms with Crippen LogP contribution in [0.15, 0.2) is 64.8 Å². The molecule has 1 N–H and O–H groups in total. The molecule has 10 heteroatoms. The smallest absolute Gasteiger partial charge is 0.334 e. The fraction of sp³-hybridized carbons (Fsp3) is 0.357. The number of ketones is 1. The highest BCUT2D eigenvalue weighted by Crippen LogP contribution is 2.35. The zero-order valence-electron chi connectivity index (χ0n) is 22.0. The van der Waals surface area contributed by atoms with Crippen molar-refractivity contribution in [1.82, 2.24) is 34.3 Å². The minimum atomic E-state index is -0.502. The highest BCUT2D eigenvalue weighted by molar-refractivity contribution is 5.97. The summed E-state index contributed by atoms with van der Waals surface area (Å²) in [7, 11) is 0. The van der Waals surface area contributed by atoms with Crippen LogP contribution in [0.25, 0.3) is 17.2 Å². The Bertz CT molecular complexity index is 1550. The summed E-state index contributed by atoms with van der Waals surface area (Å²) in [6.07, 6.45) is 12.9. The average molecular weight is 513 g/mol. The summed E-state index contributed by atoms with van der Waals surface area (Å²) in [5, 5.41) is 14.3. The van der Waals surface area contributed by atoms with E-state index >= 15 is 0 Å². The van der Waals surface area contributed by atoms with Gasteiger partial charge in [0.15, 0.2) is 11.6 Å². The molecule has 196 valence electrons. The van der Waals surface area contributed by atoms with Crippen LogP contribution in [0.1, 0.15) is 61.6 Å². The fourth-order valence-electron chi connectivity index (χ4n) is 5.16. The van der Waals surface area contributed by atoms with Gasteiger partial charge in [-0.2, -0.15) is 0 Å². The molecule has 1 aliphatic heterocycles. The van der Waals surface area contributed by atoms with E-state index in [1.54, 1.807) is 16.8 Å². The molecule has 10 nitrogen and oxygen atoms in total. The third kappa shape index (κ3) is 4.57. The maximum absolute atomic E-state index is 14.1. The Labute approximate surface area is 220 Å². The van der Waals surface area contributed by atoms with Crippen LogP contribution < -0.4 is 5.69 Å². The van der Waals surface area contributed by atoms with Gasteiger partial charge in [0.2, 0.25) is 0 Å².